The van der Waals surface area contributed by atoms with Gasteiger partial charge < -0.3 is 20.1 Å². The first-order chi connectivity index (χ1) is 17.8. The van der Waals surface area contributed by atoms with Crippen LogP contribution in [0.5, 0.6) is 5.75 Å². The third-order valence-corrected chi connectivity index (χ3v) is 5.91. The minimum atomic E-state index is -4.80. The summed E-state index contributed by atoms with van der Waals surface area (Å²) >= 11 is 6.06. The van der Waals surface area contributed by atoms with E-state index >= 15 is 4.39 Å². The Morgan fingerprint density at radius 3 is 2.61 bits per heavy atom. The van der Waals surface area contributed by atoms with Crippen molar-refractivity contribution < 1.29 is 36.6 Å². The maximum Gasteiger partial charge on any atom is 0.425 e. The van der Waals surface area contributed by atoms with Crippen LogP contribution >= 0.6 is 11.6 Å². The molecule has 0 fully saturated rings. The number of carbonyl (C=O) groups is 1. The molecule has 0 aliphatic rings. The molecule has 0 saturated carbocycles. The highest BCUT2D eigenvalue weighted by Crippen LogP contribution is 2.42. The molecule has 15 heteroatoms. The van der Waals surface area contributed by atoms with Gasteiger partial charge in [0.25, 0.3) is 0 Å². The average molecular weight is 563 g/mol. The quantitative estimate of drug-likeness (QED) is 0.128. The van der Waals surface area contributed by atoms with Crippen molar-refractivity contribution in [3.05, 3.63) is 40.9 Å². The maximum absolute atomic E-state index is 15.9. The number of aliphatic hydroxyl groups is 1. The van der Waals surface area contributed by atoms with Gasteiger partial charge in [0.15, 0.2) is 23.6 Å². The molecule has 1 aromatic heterocycles. The third-order valence-electron chi connectivity index (χ3n) is 5.59. The number of rotatable bonds is 9. The van der Waals surface area contributed by atoms with Crippen molar-refractivity contribution in [2.24, 2.45) is 12.1 Å². The van der Waals surface area contributed by atoms with E-state index in [-0.39, 0.29) is 39.7 Å². The highest BCUT2D eigenvalue weighted by Gasteiger charge is 2.39. The standard InChI is InChI=1S/C23H24ClF5N6O3/c1-5-33(3)17(10-36)31-35(11-37)15-9-16(38-12(2)23(27,28)29)18-21(19(15)26)34(4)32-22(18)30-20-13(24)7-6-8-14(20)25/h6-9,11-12,36H,5,10H2,1-4H3,(H,30,32)/b31-17-. The van der Waals surface area contributed by atoms with Crippen molar-refractivity contribution in [2.45, 2.75) is 26.1 Å². The SMILES string of the molecule is CCN(C)/C(CO)=N\N(C=O)c1cc(OC(C)C(F)(F)F)c2c(Nc3c(F)cccc3Cl)nn(C)c2c1F. The molecule has 0 spiro atoms. The summed E-state index contributed by atoms with van der Waals surface area (Å²) in [5.41, 5.74) is -1.20. The molecule has 1 unspecified atom stereocenters. The lowest BCUT2D eigenvalue weighted by atomic mass is 10.1. The van der Waals surface area contributed by atoms with E-state index in [1.54, 1.807) is 14.0 Å². The van der Waals surface area contributed by atoms with Gasteiger partial charge in [0.2, 0.25) is 6.41 Å². The molecule has 0 radical (unpaired) electrons. The summed E-state index contributed by atoms with van der Waals surface area (Å²) in [6.45, 7) is 2.23. The monoisotopic (exact) mass is 562 g/mol. The predicted octanol–water partition coefficient (Wildman–Crippen LogP) is 4.80. The number of aromatic nitrogens is 2. The number of halogens is 6. The average Bonchev–Trinajstić information content (AvgIpc) is 3.19. The van der Waals surface area contributed by atoms with Gasteiger partial charge in [-0.1, -0.05) is 17.7 Å². The van der Waals surface area contributed by atoms with Crippen LogP contribution in [0.2, 0.25) is 5.02 Å². The molecule has 1 atom stereocenters. The molecule has 3 aromatic rings. The number of benzene rings is 2. The molecule has 0 bridgehead atoms. The van der Waals surface area contributed by atoms with Crippen LogP contribution < -0.4 is 15.1 Å². The Bertz CT molecular complexity index is 1340. The zero-order valence-electron chi connectivity index (χ0n) is 20.6. The van der Waals surface area contributed by atoms with E-state index in [9.17, 15) is 27.5 Å². The highest BCUT2D eigenvalue weighted by molar-refractivity contribution is 6.33. The highest BCUT2D eigenvalue weighted by atomic mass is 35.5. The molecule has 0 aliphatic carbocycles. The molecule has 3 rings (SSSR count). The smallest absolute Gasteiger partial charge is 0.425 e. The fraction of sp³-hybridized carbons (Fsp3) is 0.348. The summed E-state index contributed by atoms with van der Waals surface area (Å²) < 4.78 is 76.7. The van der Waals surface area contributed by atoms with E-state index in [1.165, 1.54) is 24.1 Å². The second-order valence-electron chi connectivity index (χ2n) is 8.07. The largest absolute Gasteiger partial charge is 0.480 e. The second-order valence-corrected chi connectivity index (χ2v) is 8.47. The van der Waals surface area contributed by atoms with Crippen molar-refractivity contribution in [1.29, 1.82) is 0 Å². The summed E-state index contributed by atoms with van der Waals surface area (Å²) in [5, 5.41) is 20.4. The molecular formula is C23H24ClF5N6O3. The third kappa shape index (κ3) is 5.75. The fourth-order valence-electron chi connectivity index (χ4n) is 3.40. The van der Waals surface area contributed by atoms with Crippen molar-refractivity contribution in [3.8, 4) is 5.75 Å². The molecule has 2 N–H and O–H groups in total. The number of hydrogen-bond acceptors (Lipinski definition) is 6. The predicted molar refractivity (Wildman–Crippen MR) is 133 cm³/mol. The Balaban J connectivity index is 2.30. The lowest BCUT2D eigenvalue weighted by Gasteiger charge is -2.23. The molecule has 9 nitrogen and oxygen atoms in total. The number of likely N-dealkylation sites (N-methyl/N-ethyl adjacent to an activating group) is 1. The number of nitrogens with zero attached hydrogens (tertiary/aromatic N) is 5. The van der Waals surface area contributed by atoms with Crippen LogP contribution in [-0.2, 0) is 11.8 Å². The van der Waals surface area contributed by atoms with Gasteiger partial charge in [0, 0.05) is 26.7 Å². The first kappa shape index (κ1) is 28.9. The van der Waals surface area contributed by atoms with E-state index in [2.05, 4.69) is 15.5 Å². The number of alkyl halides is 3. The van der Waals surface area contributed by atoms with E-state index in [4.69, 9.17) is 16.3 Å². The van der Waals surface area contributed by atoms with Crippen LogP contribution in [0.3, 0.4) is 0 Å². The van der Waals surface area contributed by atoms with Crippen molar-refractivity contribution in [2.75, 3.05) is 30.5 Å². The Morgan fingerprint density at radius 1 is 1.37 bits per heavy atom. The molecule has 2 aromatic carbocycles. The number of aryl methyl sites for hydroxylation is 1. The number of carbonyl (C=O) groups excluding carboxylic acids is 1. The number of aliphatic hydroxyl groups excluding tert-OH is 1. The number of ether oxygens (including phenoxy) is 1. The van der Waals surface area contributed by atoms with Crippen LogP contribution in [0, 0.1) is 11.6 Å². The van der Waals surface area contributed by atoms with E-state index in [0.717, 1.165) is 23.7 Å². The minimum absolute atomic E-state index is 0.0215. The number of hydrazone groups is 1. The van der Waals surface area contributed by atoms with Gasteiger partial charge in [0.05, 0.1) is 16.1 Å². The normalized spacial score (nSPS) is 13.0. The number of hydrogen-bond donors (Lipinski definition) is 2. The zero-order chi connectivity index (χ0) is 28.4. The van der Waals surface area contributed by atoms with Gasteiger partial charge in [-0.2, -0.15) is 23.3 Å². The number of fused-ring (bicyclic) bond motifs is 1. The Hall–Kier alpha value is -3.65. The first-order valence-electron chi connectivity index (χ1n) is 11.1. The van der Waals surface area contributed by atoms with Gasteiger partial charge >= 0.3 is 6.18 Å². The lowest BCUT2D eigenvalue weighted by molar-refractivity contribution is -0.188. The van der Waals surface area contributed by atoms with E-state index in [0.29, 0.717) is 11.6 Å². The Kier molecular flexibility index (Phi) is 8.67. The molecule has 1 heterocycles. The summed E-state index contributed by atoms with van der Waals surface area (Å²) in [4.78, 5) is 13.4. The maximum atomic E-state index is 15.9. The van der Waals surface area contributed by atoms with Gasteiger partial charge in [-0.05, 0) is 26.0 Å². The Labute approximate surface area is 219 Å². The van der Waals surface area contributed by atoms with E-state index < -0.39 is 42.0 Å². The number of nitrogens with one attached hydrogen (secondary N) is 1. The van der Waals surface area contributed by atoms with Crippen LogP contribution in [0.15, 0.2) is 29.4 Å². The molecule has 1 amide bonds. The zero-order valence-corrected chi connectivity index (χ0v) is 21.4. The topological polar surface area (TPSA) is 95.2 Å². The van der Waals surface area contributed by atoms with Gasteiger partial charge in [0.1, 0.15) is 29.4 Å². The summed E-state index contributed by atoms with van der Waals surface area (Å²) in [7, 11) is 2.85. The van der Waals surface area contributed by atoms with Crippen LogP contribution in [0.1, 0.15) is 13.8 Å². The van der Waals surface area contributed by atoms with Gasteiger partial charge in [-0.15, -0.1) is 5.10 Å². The van der Waals surface area contributed by atoms with Crippen molar-refractivity contribution in [3.63, 3.8) is 0 Å². The van der Waals surface area contributed by atoms with Crippen LogP contribution in [0.25, 0.3) is 10.9 Å². The number of para-hydroxylation sites is 1. The number of amides is 1. The lowest BCUT2D eigenvalue weighted by Crippen LogP contribution is -2.33. The van der Waals surface area contributed by atoms with Crippen molar-refractivity contribution in [1.82, 2.24) is 14.7 Å². The molecule has 206 valence electrons. The van der Waals surface area contributed by atoms with Crippen LogP contribution in [-0.4, -0.2) is 64.5 Å². The molecule has 38 heavy (non-hydrogen) atoms. The summed E-state index contributed by atoms with van der Waals surface area (Å²) in [6, 6.07) is 4.64. The number of anilines is 3. The van der Waals surface area contributed by atoms with Crippen LogP contribution in [0.4, 0.5) is 39.1 Å². The van der Waals surface area contributed by atoms with Gasteiger partial charge in [-0.3, -0.25) is 9.48 Å². The molecule has 0 saturated heterocycles. The molecular weight excluding hydrogens is 539 g/mol. The minimum Gasteiger partial charge on any atom is -0.480 e. The van der Waals surface area contributed by atoms with Crippen molar-refractivity contribution >= 4 is 51.9 Å². The fourth-order valence-corrected chi connectivity index (χ4v) is 3.61. The van der Waals surface area contributed by atoms with E-state index in [1.807, 2.05) is 0 Å². The summed E-state index contributed by atoms with van der Waals surface area (Å²) in [6.07, 6.45) is -7.04. The number of amidine groups is 1. The molecule has 0 aliphatic heterocycles. The first-order valence-corrected chi connectivity index (χ1v) is 11.5. The van der Waals surface area contributed by atoms with Gasteiger partial charge in [-0.25, -0.2) is 8.78 Å². The summed E-state index contributed by atoms with van der Waals surface area (Å²) in [5.74, 6) is -2.70. The Morgan fingerprint density at radius 2 is 2.05 bits per heavy atom. The second kappa shape index (κ2) is 11.4.